The van der Waals surface area contributed by atoms with E-state index in [1.807, 2.05) is 0 Å². The van der Waals surface area contributed by atoms with Gasteiger partial charge >= 0.3 is 0 Å². The average molecular weight is 315 g/mol. The molecule has 0 fully saturated rings. The van der Waals surface area contributed by atoms with E-state index in [0.717, 1.165) is 17.3 Å². The highest BCUT2D eigenvalue weighted by Crippen LogP contribution is 2.20. The average Bonchev–Trinajstić information content (AvgIpc) is 2.79. The van der Waals surface area contributed by atoms with Crippen LogP contribution in [0.2, 0.25) is 0 Å². The second-order valence-electron chi connectivity index (χ2n) is 4.75. The molecule has 3 heteroatoms. The molecular formula is C15H23BrO2. The highest BCUT2D eigenvalue weighted by Gasteiger charge is 2.12. The van der Waals surface area contributed by atoms with Crippen molar-refractivity contribution in [3.05, 3.63) is 22.6 Å². The van der Waals surface area contributed by atoms with Crippen molar-refractivity contribution in [2.75, 3.05) is 0 Å². The summed E-state index contributed by atoms with van der Waals surface area (Å²) in [5.41, 5.74) is 0. The van der Waals surface area contributed by atoms with Gasteiger partial charge in [0, 0.05) is 6.42 Å². The van der Waals surface area contributed by atoms with Gasteiger partial charge in [-0.25, -0.2) is 0 Å². The summed E-state index contributed by atoms with van der Waals surface area (Å²) in [6.07, 6.45) is 12.2. The van der Waals surface area contributed by atoms with Crippen LogP contribution in [-0.2, 0) is 0 Å². The fourth-order valence-electron chi connectivity index (χ4n) is 2.03. The maximum atomic E-state index is 11.8. The predicted molar refractivity (Wildman–Crippen MR) is 78.0 cm³/mol. The zero-order chi connectivity index (χ0) is 13.2. The molecule has 1 aromatic heterocycles. The van der Waals surface area contributed by atoms with Crippen LogP contribution in [0.25, 0.3) is 0 Å². The number of carbonyl (C=O) groups excluding carboxylic acids is 1. The van der Waals surface area contributed by atoms with Gasteiger partial charge in [0.15, 0.2) is 11.5 Å². The topological polar surface area (TPSA) is 30.2 Å². The normalized spacial score (nSPS) is 10.8. The summed E-state index contributed by atoms with van der Waals surface area (Å²) in [5.74, 6) is 0.579. The first-order valence-electron chi connectivity index (χ1n) is 7.02. The molecular weight excluding hydrogens is 292 g/mol. The molecule has 0 unspecified atom stereocenters. The van der Waals surface area contributed by atoms with Crippen molar-refractivity contribution in [3.63, 3.8) is 0 Å². The molecule has 1 heterocycles. The molecule has 0 aliphatic heterocycles. The third-order valence-electron chi connectivity index (χ3n) is 3.13. The molecule has 0 atom stereocenters. The first-order chi connectivity index (χ1) is 8.75. The molecule has 0 radical (unpaired) electrons. The van der Waals surface area contributed by atoms with Gasteiger partial charge in [0.1, 0.15) is 0 Å². The van der Waals surface area contributed by atoms with Crippen molar-refractivity contribution >= 4 is 21.7 Å². The predicted octanol–water partition coefficient (Wildman–Crippen LogP) is 5.76. The number of unbranched alkanes of at least 4 members (excludes halogenated alkanes) is 7. The summed E-state index contributed by atoms with van der Waals surface area (Å²) >= 11 is 3.31. The molecule has 0 saturated carbocycles. The lowest BCUT2D eigenvalue weighted by molar-refractivity contribution is 0.0951. The van der Waals surface area contributed by atoms with Gasteiger partial charge in [-0.05, 0) is 28.4 Å². The molecule has 0 aliphatic carbocycles. The second-order valence-corrected chi connectivity index (χ2v) is 5.60. The van der Waals surface area contributed by atoms with E-state index in [4.69, 9.17) is 4.42 Å². The number of hydrogen-bond donors (Lipinski definition) is 0. The maximum Gasteiger partial charge on any atom is 0.199 e. The third kappa shape index (κ3) is 5.85. The Balaban J connectivity index is 2.01. The molecule has 0 saturated heterocycles. The molecule has 0 bridgehead atoms. The molecule has 2 nitrogen and oxygen atoms in total. The molecule has 102 valence electrons. The summed E-state index contributed by atoms with van der Waals surface area (Å²) in [7, 11) is 0. The van der Waals surface area contributed by atoms with E-state index < -0.39 is 0 Å². The Morgan fingerprint density at radius 3 is 2.28 bits per heavy atom. The van der Waals surface area contributed by atoms with Gasteiger partial charge in [-0.2, -0.15) is 0 Å². The van der Waals surface area contributed by atoms with Gasteiger partial charge in [-0.15, -0.1) is 0 Å². The van der Waals surface area contributed by atoms with E-state index >= 15 is 0 Å². The number of carbonyl (C=O) groups is 1. The molecule has 1 aromatic rings. The van der Waals surface area contributed by atoms with Crippen molar-refractivity contribution in [2.24, 2.45) is 0 Å². The number of hydrogen-bond acceptors (Lipinski definition) is 2. The maximum absolute atomic E-state index is 11.8. The SMILES string of the molecule is CCCCCCCCCCC(=O)c1occc1Br. The molecule has 1 rings (SSSR count). The summed E-state index contributed by atoms with van der Waals surface area (Å²) < 4.78 is 5.92. The lowest BCUT2D eigenvalue weighted by Gasteiger charge is -2.01. The van der Waals surface area contributed by atoms with E-state index in [1.165, 1.54) is 38.5 Å². The van der Waals surface area contributed by atoms with Crippen LogP contribution >= 0.6 is 15.9 Å². The highest BCUT2D eigenvalue weighted by atomic mass is 79.9. The Labute approximate surface area is 118 Å². The van der Waals surface area contributed by atoms with Crippen LogP contribution in [0.5, 0.6) is 0 Å². The molecule has 0 amide bonds. The van der Waals surface area contributed by atoms with Crippen molar-refractivity contribution in [1.29, 1.82) is 0 Å². The van der Waals surface area contributed by atoms with Crippen molar-refractivity contribution in [3.8, 4) is 0 Å². The number of ketones is 1. The zero-order valence-electron chi connectivity index (χ0n) is 11.2. The number of Topliss-reactive ketones (excluding diaryl/α,β-unsaturated/α-hetero) is 1. The second kappa shape index (κ2) is 9.37. The summed E-state index contributed by atoms with van der Waals surface area (Å²) in [6, 6.07) is 1.76. The lowest BCUT2D eigenvalue weighted by Crippen LogP contribution is -1.97. The minimum Gasteiger partial charge on any atom is -0.460 e. The van der Waals surface area contributed by atoms with E-state index in [9.17, 15) is 4.79 Å². The van der Waals surface area contributed by atoms with E-state index in [2.05, 4.69) is 22.9 Å². The Bertz CT molecular complexity index is 344. The largest absolute Gasteiger partial charge is 0.460 e. The van der Waals surface area contributed by atoms with E-state index in [-0.39, 0.29) is 5.78 Å². The first-order valence-corrected chi connectivity index (χ1v) is 7.81. The highest BCUT2D eigenvalue weighted by molar-refractivity contribution is 9.10. The number of rotatable bonds is 10. The minimum atomic E-state index is 0.109. The number of halogens is 1. The lowest BCUT2D eigenvalue weighted by atomic mass is 10.1. The molecule has 0 N–H and O–H groups in total. The molecule has 18 heavy (non-hydrogen) atoms. The van der Waals surface area contributed by atoms with Crippen LogP contribution < -0.4 is 0 Å². The van der Waals surface area contributed by atoms with Gasteiger partial charge in [0.2, 0.25) is 0 Å². The van der Waals surface area contributed by atoms with Gasteiger partial charge < -0.3 is 4.42 Å². The smallest absolute Gasteiger partial charge is 0.199 e. The van der Waals surface area contributed by atoms with Crippen LogP contribution in [0.3, 0.4) is 0 Å². The molecule has 0 spiro atoms. The van der Waals surface area contributed by atoms with Crippen molar-refractivity contribution < 1.29 is 9.21 Å². The van der Waals surface area contributed by atoms with Crippen LogP contribution in [-0.4, -0.2) is 5.78 Å². The van der Waals surface area contributed by atoms with Gasteiger partial charge in [-0.1, -0.05) is 51.9 Å². The Hall–Kier alpha value is -0.570. The van der Waals surface area contributed by atoms with Crippen LogP contribution in [0.1, 0.15) is 75.3 Å². The summed E-state index contributed by atoms with van der Waals surface area (Å²) in [5, 5.41) is 0. The van der Waals surface area contributed by atoms with Gasteiger partial charge in [-0.3, -0.25) is 4.79 Å². The van der Waals surface area contributed by atoms with Gasteiger partial charge in [0.05, 0.1) is 10.7 Å². The summed E-state index contributed by atoms with van der Waals surface area (Å²) in [4.78, 5) is 11.8. The van der Waals surface area contributed by atoms with Crippen LogP contribution in [0.15, 0.2) is 21.2 Å². The Kier molecular flexibility index (Phi) is 8.06. The number of furan rings is 1. The van der Waals surface area contributed by atoms with E-state index in [0.29, 0.717) is 12.2 Å². The van der Waals surface area contributed by atoms with Crippen LogP contribution in [0.4, 0.5) is 0 Å². The first kappa shape index (κ1) is 15.5. The standard InChI is InChI=1S/C15H23BrO2/c1-2-3-4-5-6-7-8-9-10-14(17)15-13(16)11-12-18-15/h11-12H,2-10H2,1H3. The van der Waals surface area contributed by atoms with Gasteiger partial charge in [0.25, 0.3) is 0 Å². The van der Waals surface area contributed by atoms with Crippen molar-refractivity contribution in [2.45, 2.75) is 64.7 Å². The Morgan fingerprint density at radius 1 is 1.11 bits per heavy atom. The summed E-state index contributed by atoms with van der Waals surface area (Å²) in [6.45, 7) is 2.23. The van der Waals surface area contributed by atoms with Crippen molar-refractivity contribution in [1.82, 2.24) is 0 Å². The quantitative estimate of drug-likeness (QED) is 0.406. The van der Waals surface area contributed by atoms with E-state index in [1.54, 1.807) is 12.3 Å². The molecule has 0 aromatic carbocycles. The fourth-order valence-corrected chi connectivity index (χ4v) is 2.45. The minimum absolute atomic E-state index is 0.109. The molecule has 0 aliphatic rings. The monoisotopic (exact) mass is 314 g/mol. The fraction of sp³-hybridized carbons (Fsp3) is 0.667. The van der Waals surface area contributed by atoms with Crippen LogP contribution in [0, 0.1) is 0 Å². The third-order valence-corrected chi connectivity index (χ3v) is 3.75. The Morgan fingerprint density at radius 2 is 1.72 bits per heavy atom. The zero-order valence-corrected chi connectivity index (χ0v) is 12.8.